The van der Waals surface area contributed by atoms with E-state index in [1.807, 2.05) is 70.5 Å². The molecule has 2 aromatic carbocycles. The first kappa shape index (κ1) is 23.2. The topological polar surface area (TPSA) is 74.6 Å². The number of rotatable bonds is 9. The van der Waals surface area contributed by atoms with Gasteiger partial charge in [-0.1, -0.05) is 17.7 Å². The van der Waals surface area contributed by atoms with Crippen LogP contribution in [0.25, 0.3) is 5.69 Å². The zero-order valence-electron chi connectivity index (χ0n) is 19.6. The van der Waals surface area contributed by atoms with Crippen LogP contribution in [0.3, 0.4) is 0 Å². The molecule has 3 aromatic rings. The molecule has 0 aliphatic carbocycles. The normalized spacial score (nSPS) is 10.7. The van der Waals surface area contributed by atoms with Gasteiger partial charge < -0.3 is 19.5 Å². The minimum absolute atomic E-state index is 0.274. The maximum atomic E-state index is 13.2. The number of anilines is 1. The Labute approximate surface area is 189 Å². The number of hydrogen-bond donors (Lipinski definition) is 1. The number of aromatic nitrogens is 2. The van der Waals surface area contributed by atoms with Gasteiger partial charge in [0.1, 0.15) is 0 Å². The van der Waals surface area contributed by atoms with Crippen LogP contribution in [0, 0.1) is 20.8 Å². The Kier molecular flexibility index (Phi) is 7.41. The van der Waals surface area contributed by atoms with Gasteiger partial charge in [-0.15, -0.1) is 0 Å². The van der Waals surface area contributed by atoms with Gasteiger partial charge in [0.05, 0.1) is 42.6 Å². The molecule has 3 rings (SSSR count). The van der Waals surface area contributed by atoms with Gasteiger partial charge in [-0.3, -0.25) is 4.79 Å². The predicted molar refractivity (Wildman–Crippen MR) is 126 cm³/mol. The molecule has 0 aliphatic heterocycles. The van der Waals surface area contributed by atoms with Crippen molar-refractivity contribution in [2.75, 3.05) is 25.1 Å². The van der Waals surface area contributed by atoms with Crippen molar-refractivity contribution in [2.24, 2.45) is 0 Å². The van der Waals surface area contributed by atoms with E-state index in [2.05, 4.69) is 10.4 Å². The highest BCUT2D eigenvalue weighted by Crippen LogP contribution is 2.39. The molecule has 0 saturated carbocycles. The molecule has 0 spiro atoms. The minimum Gasteiger partial charge on any atom is -0.490 e. The molecular formula is C25H31N3O4. The first-order valence-electron chi connectivity index (χ1n) is 10.9. The standard InChI is InChI=1S/C25H31N3O4/c1-7-30-21-14-19(15-22(31-8-2)24(21)32-9-3)25(29)26-23-17(5)27-28(18(23)6)20-12-10-16(4)11-13-20/h10-15H,7-9H2,1-6H3,(H,26,29). The van der Waals surface area contributed by atoms with Gasteiger partial charge in [-0.05, 0) is 65.8 Å². The number of nitrogens with zero attached hydrogens (tertiary/aromatic N) is 2. The number of hydrogen-bond acceptors (Lipinski definition) is 5. The SMILES string of the molecule is CCOc1cc(C(=O)Nc2c(C)nn(-c3ccc(C)cc3)c2C)cc(OCC)c1OCC. The molecule has 1 N–H and O–H groups in total. The van der Waals surface area contributed by atoms with Gasteiger partial charge in [-0.25, -0.2) is 4.68 Å². The van der Waals surface area contributed by atoms with Crippen LogP contribution < -0.4 is 19.5 Å². The summed E-state index contributed by atoms with van der Waals surface area (Å²) in [4.78, 5) is 13.2. The molecule has 7 heteroatoms. The fourth-order valence-electron chi connectivity index (χ4n) is 3.47. The molecule has 0 aliphatic rings. The number of carbonyl (C=O) groups is 1. The van der Waals surface area contributed by atoms with Gasteiger partial charge >= 0.3 is 0 Å². The second kappa shape index (κ2) is 10.2. The smallest absolute Gasteiger partial charge is 0.256 e. The Bertz CT molecular complexity index is 1060. The van der Waals surface area contributed by atoms with Crippen LogP contribution in [0.4, 0.5) is 5.69 Å². The van der Waals surface area contributed by atoms with Gasteiger partial charge in [0.25, 0.3) is 5.91 Å². The lowest BCUT2D eigenvalue weighted by atomic mass is 10.1. The second-order valence-electron chi connectivity index (χ2n) is 7.35. The lowest BCUT2D eigenvalue weighted by Crippen LogP contribution is -2.14. The lowest BCUT2D eigenvalue weighted by molar-refractivity contribution is 0.102. The number of amides is 1. The average Bonchev–Trinajstić information content (AvgIpc) is 3.05. The Hall–Kier alpha value is -3.48. The van der Waals surface area contributed by atoms with Crippen molar-refractivity contribution in [3.8, 4) is 22.9 Å². The molecule has 7 nitrogen and oxygen atoms in total. The number of ether oxygens (including phenoxy) is 3. The summed E-state index contributed by atoms with van der Waals surface area (Å²) in [5.41, 5.74) is 4.80. The summed E-state index contributed by atoms with van der Waals surface area (Å²) in [5.74, 6) is 1.19. The van der Waals surface area contributed by atoms with Crippen molar-refractivity contribution in [3.05, 3.63) is 58.9 Å². The van der Waals surface area contributed by atoms with Crippen molar-refractivity contribution in [1.82, 2.24) is 9.78 Å². The largest absolute Gasteiger partial charge is 0.490 e. The third-order valence-electron chi connectivity index (χ3n) is 4.98. The first-order chi connectivity index (χ1) is 15.4. The monoisotopic (exact) mass is 437 g/mol. The van der Waals surface area contributed by atoms with E-state index in [9.17, 15) is 4.79 Å². The number of nitrogens with one attached hydrogen (secondary N) is 1. The quantitative estimate of drug-likeness (QED) is 0.495. The molecule has 0 fully saturated rings. The number of benzene rings is 2. The third-order valence-corrected chi connectivity index (χ3v) is 4.98. The molecular weight excluding hydrogens is 406 g/mol. The predicted octanol–water partition coefficient (Wildman–Crippen LogP) is 5.25. The molecule has 1 aromatic heterocycles. The van der Waals surface area contributed by atoms with Crippen LogP contribution in [0.5, 0.6) is 17.2 Å². The molecule has 32 heavy (non-hydrogen) atoms. The minimum atomic E-state index is -0.274. The van der Waals surface area contributed by atoms with E-state index in [4.69, 9.17) is 14.2 Å². The van der Waals surface area contributed by atoms with Crippen molar-refractivity contribution in [3.63, 3.8) is 0 Å². The van der Waals surface area contributed by atoms with Gasteiger partial charge in [0, 0.05) is 5.56 Å². The molecule has 1 amide bonds. The van der Waals surface area contributed by atoms with Crippen LogP contribution in [-0.2, 0) is 0 Å². The molecule has 1 heterocycles. The average molecular weight is 438 g/mol. The Balaban J connectivity index is 1.95. The van der Waals surface area contributed by atoms with Crippen LogP contribution in [0.1, 0.15) is 48.1 Å². The van der Waals surface area contributed by atoms with Crippen LogP contribution in [0.15, 0.2) is 36.4 Å². The summed E-state index contributed by atoms with van der Waals surface area (Å²) in [7, 11) is 0. The Morgan fingerprint density at radius 1 is 0.906 bits per heavy atom. The van der Waals surface area contributed by atoms with Crippen molar-refractivity contribution >= 4 is 11.6 Å². The summed E-state index contributed by atoms with van der Waals surface area (Å²) in [6.45, 7) is 12.9. The summed E-state index contributed by atoms with van der Waals surface area (Å²) in [5, 5.41) is 7.63. The van der Waals surface area contributed by atoms with E-state index in [1.54, 1.807) is 12.1 Å². The molecule has 0 bridgehead atoms. The fourth-order valence-corrected chi connectivity index (χ4v) is 3.47. The summed E-state index contributed by atoms with van der Waals surface area (Å²) in [6.07, 6.45) is 0. The maximum absolute atomic E-state index is 13.2. The first-order valence-corrected chi connectivity index (χ1v) is 10.9. The fraction of sp³-hybridized carbons (Fsp3) is 0.360. The van der Waals surface area contributed by atoms with Crippen LogP contribution >= 0.6 is 0 Å². The van der Waals surface area contributed by atoms with E-state index in [-0.39, 0.29) is 5.91 Å². The van der Waals surface area contributed by atoms with E-state index >= 15 is 0 Å². The van der Waals surface area contributed by atoms with Gasteiger partial charge in [0.15, 0.2) is 11.5 Å². The number of carbonyl (C=O) groups excluding carboxylic acids is 1. The van der Waals surface area contributed by atoms with Crippen molar-refractivity contribution < 1.29 is 19.0 Å². The lowest BCUT2D eigenvalue weighted by Gasteiger charge is -2.17. The zero-order valence-corrected chi connectivity index (χ0v) is 19.6. The molecule has 0 radical (unpaired) electrons. The van der Waals surface area contributed by atoms with Crippen LogP contribution in [0.2, 0.25) is 0 Å². The Morgan fingerprint density at radius 2 is 1.47 bits per heavy atom. The molecule has 0 atom stereocenters. The zero-order chi connectivity index (χ0) is 23.3. The summed E-state index contributed by atoms with van der Waals surface area (Å²) >= 11 is 0. The highest BCUT2D eigenvalue weighted by atomic mass is 16.5. The van der Waals surface area contributed by atoms with Crippen LogP contribution in [-0.4, -0.2) is 35.5 Å². The second-order valence-corrected chi connectivity index (χ2v) is 7.35. The summed E-state index contributed by atoms with van der Waals surface area (Å²) in [6, 6.07) is 11.5. The van der Waals surface area contributed by atoms with E-state index in [0.717, 1.165) is 17.1 Å². The van der Waals surface area contributed by atoms with E-state index < -0.39 is 0 Å². The van der Waals surface area contributed by atoms with Gasteiger partial charge in [0.2, 0.25) is 5.75 Å². The molecule has 0 saturated heterocycles. The van der Waals surface area contributed by atoms with E-state index in [1.165, 1.54) is 5.56 Å². The maximum Gasteiger partial charge on any atom is 0.256 e. The summed E-state index contributed by atoms with van der Waals surface area (Å²) < 4.78 is 19.0. The third kappa shape index (κ3) is 4.88. The van der Waals surface area contributed by atoms with Crippen molar-refractivity contribution in [2.45, 2.75) is 41.5 Å². The van der Waals surface area contributed by atoms with Crippen molar-refractivity contribution in [1.29, 1.82) is 0 Å². The highest BCUT2D eigenvalue weighted by molar-refractivity contribution is 6.05. The number of aryl methyl sites for hydroxylation is 2. The van der Waals surface area contributed by atoms with E-state index in [0.29, 0.717) is 48.3 Å². The molecule has 170 valence electrons. The highest BCUT2D eigenvalue weighted by Gasteiger charge is 2.21. The molecule has 0 unspecified atom stereocenters. The Morgan fingerprint density at radius 3 is 2.00 bits per heavy atom. The van der Waals surface area contributed by atoms with Gasteiger partial charge in [-0.2, -0.15) is 5.10 Å².